The Morgan fingerprint density at radius 2 is 1.79 bits per heavy atom. The van der Waals surface area contributed by atoms with E-state index in [0.29, 0.717) is 68.2 Å². The highest BCUT2D eigenvalue weighted by atomic mass is 32.2. The van der Waals surface area contributed by atoms with Gasteiger partial charge in [-0.2, -0.15) is 0 Å². The minimum atomic E-state index is -3.69. The monoisotopic (exact) mass is 558 g/mol. The molecule has 39 heavy (non-hydrogen) atoms. The third-order valence-corrected chi connectivity index (χ3v) is 7.61. The lowest BCUT2D eigenvalue weighted by Crippen LogP contribution is -2.41. The van der Waals surface area contributed by atoms with Gasteiger partial charge in [0.05, 0.1) is 12.4 Å². The average molecular weight is 559 g/mol. The summed E-state index contributed by atoms with van der Waals surface area (Å²) in [5.74, 6) is 0.284. The zero-order chi connectivity index (χ0) is 28.1. The third kappa shape index (κ3) is 10.0. The SMILES string of the molecule is CCCCCS(=O)(=O)NC(=O)/C=C/c1ccc(OCCOC)cc1OC1CCN(C(=O)c2ccccc2)CC1. The molecule has 1 aliphatic heterocycles. The molecule has 0 atom stereocenters. The van der Waals surface area contributed by atoms with Gasteiger partial charge in [0.2, 0.25) is 10.0 Å². The van der Waals surface area contributed by atoms with Gasteiger partial charge in [-0.05, 0) is 36.8 Å². The number of carbonyl (C=O) groups is 2. The molecular weight excluding hydrogens is 520 g/mol. The molecule has 9 nitrogen and oxygen atoms in total. The Kier molecular flexibility index (Phi) is 11.8. The van der Waals surface area contributed by atoms with Gasteiger partial charge in [-0.3, -0.25) is 9.59 Å². The lowest BCUT2D eigenvalue weighted by Gasteiger charge is -2.32. The molecule has 0 aliphatic carbocycles. The zero-order valence-corrected chi connectivity index (χ0v) is 23.5. The van der Waals surface area contributed by atoms with Gasteiger partial charge in [0.1, 0.15) is 24.2 Å². The van der Waals surface area contributed by atoms with E-state index in [4.69, 9.17) is 14.2 Å². The molecule has 0 bridgehead atoms. The number of piperidine rings is 1. The third-order valence-electron chi connectivity index (χ3n) is 6.27. The van der Waals surface area contributed by atoms with E-state index in [1.54, 1.807) is 25.3 Å². The fraction of sp³-hybridized carbons (Fsp3) is 0.448. The van der Waals surface area contributed by atoms with Crippen molar-refractivity contribution >= 4 is 27.9 Å². The van der Waals surface area contributed by atoms with E-state index in [-0.39, 0.29) is 17.8 Å². The molecule has 3 rings (SSSR count). The zero-order valence-electron chi connectivity index (χ0n) is 22.6. The van der Waals surface area contributed by atoms with Gasteiger partial charge < -0.3 is 19.1 Å². The lowest BCUT2D eigenvalue weighted by molar-refractivity contribution is -0.114. The average Bonchev–Trinajstić information content (AvgIpc) is 2.93. The molecule has 1 heterocycles. The first-order valence-electron chi connectivity index (χ1n) is 13.3. The second-order valence-electron chi connectivity index (χ2n) is 9.34. The number of hydrogen-bond acceptors (Lipinski definition) is 7. The molecule has 0 aromatic heterocycles. The Bertz CT molecular complexity index is 1210. The summed E-state index contributed by atoms with van der Waals surface area (Å²) >= 11 is 0. The molecular formula is C29H38N2O7S. The standard InChI is InChI=1S/C29H38N2O7S/c1-3-4-8-21-39(34,35)30-28(32)14-12-23-11-13-26(37-20-19-36-2)22-27(23)38-25-15-17-31(18-16-25)29(33)24-9-6-5-7-10-24/h5-7,9-14,22,25H,3-4,8,15-21H2,1-2H3,(H,30,32)/b14-12+. The number of nitrogens with one attached hydrogen (secondary N) is 1. The predicted molar refractivity (Wildman–Crippen MR) is 150 cm³/mol. The summed E-state index contributed by atoms with van der Waals surface area (Å²) in [5.41, 5.74) is 1.27. The largest absolute Gasteiger partial charge is 0.491 e. The number of benzene rings is 2. The Labute approximate surface area is 231 Å². The molecule has 0 saturated carbocycles. The molecule has 0 radical (unpaired) electrons. The molecule has 1 fully saturated rings. The molecule has 1 saturated heterocycles. The van der Waals surface area contributed by atoms with Crippen LogP contribution < -0.4 is 14.2 Å². The molecule has 10 heteroatoms. The van der Waals surface area contributed by atoms with Crippen LogP contribution in [0.5, 0.6) is 11.5 Å². The Morgan fingerprint density at radius 1 is 1.05 bits per heavy atom. The highest BCUT2D eigenvalue weighted by Crippen LogP contribution is 2.29. The minimum absolute atomic E-state index is 0.00173. The number of amides is 2. The predicted octanol–water partition coefficient (Wildman–Crippen LogP) is 4.04. The van der Waals surface area contributed by atoms with E-state index in [9.17, 15) is 18.0 Å². The first kappa shape index (κ1) is 30.2. The number of methoxy groups -OCH3 is 1. The maximum atomic E-state index is 12.8. The van der Waals surface area contributed by atoms with Crippen LogP contribution in [0.2, 0.25) is 0 Å². The molecule has 0 spiro atoms. The molecule has 2 amide bonds. The summed E-state index contributed by atoms with van der Waals surface area (Å²) in [5, 5.41) is 0. The van der Waals surface area contributed by atoms with Crippen LogP contribution in [-0.4, -0.2) is 70.4 Å². The van der Waals surface area contributed by atoms with Gasteiger partial charge in [-0.15, -0.1) is 0 Å². The van der Waals surface area contributed by atoms with E-state index in [2.05, 4.69) is 4.72 Å². The fourth-order valence-corrected chi connectivity index (χ4v) is 5.21. The summed E-state index contributed by atoms with van der Waals surface area (Å²) in [6, 6.07) is 14.5. The van der Waals surface area contributed by atoms with Crippen molar-refractivity contribution in [2.45, 2.75) is 45.1 Å². The number of unbranched alkanes of at least 4 members (excludes halogenated alkanes) is 2. The van der Waals surface area contributed by atoms with Gasteiger partial charge in [0.15, 0.2) is 0 Å². The van der Waals surface area contributed by atoms with Crippen LogP contribution in [0.25, 0.3) is 6.08 Å². The van der Waals surface area contributed by atoms with Crippen molar-refractivity contribution in [3.05, 3.63) is 65.7 Å². The Morgan fingerprint density at radius 3 is 2.49 bits per heavy atom. The normalized spacial score (nSPS) is 14.4. The molecule has 2 aromatic rings. The number of likely N-dealkylation sites (tertiary alicyclic amines) is 1. The Balaban J connectivity index is 1.66. The molecule has 2 aromatic carbocycles. The van der Waals surface area contributed by atoms with Gasteiger partial charge >= 0.3 is 0 Å². The first-order chi connectivity index (χ1) is 18.8. The number of hydrogen-bond donors (Lipinski definition) is 1. The second-order valence-corrected chi connectivity index (χ2v) is 11.2. The number of ether oxygens (including phenoxy) is 3. The van der Waals surface area contributed by atoms with E-state index in [1.807, 2.05) is 42.2 Å². The maximum absolute atomic E-state index is 12.8. The van der Waals surface area contributed by atoms with Gasteiger partial charge in [0.25, 0.3) is 11.8 Å². The van der Waals surface area contributed by atoms with E-state index >= 15 is 0 Å². The van der Waals surface area contributed by atoms with Crippen molar-refractivity contribution in [2.75, 3.05) is 39.2 Å². The quantitative estimate of drug-likeness (QED) is 0.275. The number of nitrogens with zero attached hydrogens (tertiary/aromatic N) is 1. The molecule has 1 aliphatic rings. The Hall–Kier alpha value is -3.37. The molecule has 0 unspecified atom stereocenters. The number of sulfonamides is 1. The van der Waals surface area contributed by atoms with Crippen LogP contribution in [0.1, 0.15) is 54.9 Å². The maximum Gasteiger partial charge on any atom is 0.257 e. The van der Waals surface area contributed by atoms with Gasteiger partial charge in [-0.25, -0.2) is 13.1 Å². The topological polar surface area (TPSA) is 111 Å². The van der Waals surface area contributed by atoms with Crippen LogP contribution >= 0.6 is 0 Å². The number of rotatable bonds is 14. The summed E-state index contributed by atoms with van der Waals surface area (Å²) in [6.45, 7) is 3.90. The van der Waals surface area contributed by atoms with Crippen molar-refractivity contribution in [3.63, 3.8) is 0 Å². The molecule has 212 valence electrons. The van der Waals surface area contributed by atoms with Crippen LogP contribution in [0.4, 0.5) is 0 Å². The summed E-state index contributed by atoms with van der Waals surface area (Å²) < 4.78 is 43.5. The van der Waals surface area contributed by atoms with Crippen LogP contribution in [0.15, 0.2) is 54.6 Å². The highest BCUT2D eigenvalue weighted by molar-refractivity contribution is 7.90. The van der Waals surface area contributed by atoms with E-state index in [0.717, 1.165) is 12.8 Å². The van der Waals surface area contributed by atoms with Crippen molar-refractivity contribution in [1.29, 1.82) is 0 Å². The summed E-state index contributed by atoms with van der Waals surface area (Å²) in [6.07, 6.45) is 6.04. The fourth-order valence-electron chi connectivity index (χ4n) is 4.15. The van der Waals surface area contributed by atoms with Crippen molar-refractivity contribution in [1.82, 2.24) is 9.62 Å². The van der Waals surface area contributed by atoms with E-state index < -0.39 is 15.9 Å². The van der Waals surface area contributed by atoms with Crippen molar-refractivity contribution in [2.24, 2.45) is 0 Å². The number of carbonyl (C=O) groups excluding carboxylic acids is 2. The second kappa shape index (κ2) is 15.3. The minimum Gasteiger partial charge on any atom is -0.491 e. The van der Waals surface area contributed by atoms with Crippen LogP contribution in [0, 0.1) is 0 Å². The summed E-state index contributed by atoms with van der Waals surface area (Å²) in [7, 11) is -2.10. The highest BCUT2D eigenvalue weighted by Gasteiger charge is 2.25. The molecule has 1 N–H and O–H groups in total. The van der Waals surface area contributed by atoms with Crippen LogP contribution in [0.3, 0.4) is 0 Å². The van der Waals surface area contributed by atoms with E-state index in [1.165, 1.54) is 12.2 Å². The van der Waals surface area contributed by atoms with Gasteiger partial charge in [0, 0.05) is 56.3 Å². The van der Waals surface area contributed by atoms with Gasteiger partial charge in [-0.1, -0.05) is 38.0 Å². The lowest BCUT2D eigenvalue weighted by atomic mass is 10.1. The first-order valence-corrected chi connectivity index (χ1v) is 15.0. The van der Waals surface area contributed by atoms with Crippen molar-refractivity contribution in [3.8, 4) is 11.5 Å². The van der Waals surface area contributed by atoms with Crippen molar-refractivity contribution < 1.29 is 32.2 Å². The smallest absolute Gasteiger partial charge is 0.257 e. The summed E-state index contributed by atoms with van der Waals surface area (Å²) in [4.78, 5) is 26.9. The van der Waals surface area contributed by atoms with Crippen LogP contribution in [-0.2, 0) is 19.6 Å².